The fourth-order valence-corrected chi connectivity index (χ4v) is 4.61. The van der Waals surface area contributed by atoms with Crippen molar-refractivity contribution in [2.75, 3.05) is 4.90 Å². The highest BCUT2D eigenvalue weighted by atomic mass is 35.5. The molecule has 1 aliphatic heterocycles. The lowest BCUT2D eigenvalue weighted by Gasteiger charge is -2.28. The van der Waals surface area contributed by atoms with E-state index < -0.39 is 5.41 Å². The molecular formula is C16H13Cl2NO2. The third kappa shape index (κ3) is 1.80. The Labute approximate surface area is 132 Å². The maximum absolute atomic E-state index is 12.9. The number of benzene rings is 1. The topological polar surface area (TPSA) is 37.4 Å². The van der Waals surface area contributed by atoms with Crippen LogP contribution in [0.5, 0.6) is 0 Å². The van der Waals surface area contributed by atoms with Crippen molar-refractivity contribution < 1.29 is 9.59 Å². The van der Waals surface area contributed by atoms with Crippen LogP contribution in [-0.4, -0.2) is 11.8 Å². The predicted octanol–water partition coefficient (Wildman–Crippen LogP) is 3.84. The Hall–Kier alpha value is -1.32. The van der Waals surface area contributed by atoms with Crippen molar-refractivity contribution in [3.05, 3.63) is 40.4 Å². The Morgan fingerprint density at radius 3 is 2.38 bits per heavy atom. The van der Waals surface area contributed by atoms with Gasteiger partial charge in [-0.05, 0) is 42.9 Å². The van der Waals surface area contributed by atoms with Crippen molar-refractivity contribution in [3.63, 3.8) is 0 Å². The van der Waals surface area contributed by atoms with E-state index in [1.807, 2.05) is 0 Å². The summed E-state index contributed by atoms with van der Waals surface area (Å²) in [5.74, 6) is 0.384. The Balaban J connectivity index is 1.76. The number of hydrogen-bond donors (Lipinski definition) is 0. The van der Waals surface area contributed by atoms with E-state index in [1.54, 1.807) is 18.2 Å². The Morgan fingerprint density at radius 2 is 1.81 bits per heavy atom. The molecule has 3 aliphatic rings. The zero-order valence-corrected chi connectivity index (χ0v) is 12.7. The molecule has 1 saturated carbocycles. The van der Waals surface area contributed by atoms with E-state index in [9.17, 15) is 9.59 Å². The fraction of sp³-hybridized carbons (Fsp3) is 0.375. The SMILES string of the molecule is O=C1CC2(CC3C=CC2C3)C(=O)N1c1cc(Cl)cc(Cl)c1. The molecule has 2 aliphatic carbocycles. The summed E-state index contributed by atoms with van der Waals surface area (Å²) in [5.41, 5.74) is -0.0585. The van der Waals surface area contributed by atoms with Crippen LogP contribution in [0.4, 0.5) is 5.69 Å². The lowest BCUT2D eigenvalue weighted by atomic mass is 9.74. The van der Waals surface area contributed by atoms with Crippen molar-refractivity contribution in [2.45, 2.75) is 19.3 Å². The molecule has 0 radical (unpaired) electrons. The number of allylic oxidation sites excluding steroid dienone is 2. The molecule has 0 N–H and O–H groups in total. The van der Waals surface area contributed by atoms with E-state index in [0.717, 1.165) is 12.8 Å². The normalized spacial score (nSPS) is 33.7. The summed E-state index contributed by atoms with van der Waals surface area (Å²) in [6.07, 6.45) is 6.34. The van der Waals surface area contributed by atoms with Crippen LogP contribution in [0.25, 0.3) is 0 Å². The number of carbonyl (C=O) groups is 2. The molecular weight excluding hydrogens is 309 g/mol. The Bertz CT molecular complexity index is 679. The highest BCUT2D eigenvalue weighted by molar-refractivity contribution is 6.35. The summed E-state index contributed by atoms with van der Waals surface area (Å²) < 4.78 is 0. The van der Waals surface area contributed by atoms with Crippen molar-refractivity contribution in [1.82, 2.24) is 0 Å². The van der Waals surface area contributed by atoms with Gasteiger partial charge in [0.15, 0.2) is 0 Å². The van der Waals surface area contributed by atoms with Crippen LogP contribution in [0.3, 0.4) is 0 Å². The van der Waals surface area contributed by atoms with Gasteiger partial charge < -0.3 is 0 Å². The second-order valence-corrected chi connectivity index (χ2v) is 7.06. The first-order valence-electron chi connectivity index (χ1n) is 7.01. The van der Waals surface area contributed by atoms with Gasteiger partial charge in [-0.2, -0.15) is 0 Å². The summed E-state index contributed by atoms with van der Waals surface area (Å²) in [5, 5.41) is 0.846. The summed E-state index contributed by atoms with van der Waals surface area (Å²) in [6.45, 7) is 0. The van der Waals surface area contributed by atoms with E-state index in [4.69, 9.17) is 23.2 Å². The fourth-order valence-electron chi connectivity index (χ4n) is 4.09. The molecule has 5 heteroatoms. The van der Waals surface area contributed by atoms with Crippen molar-refractivity contribution in [2.24, 2.45) is 17.3 Å². The van der Waals surface area contributed by atoms with Crippen molar-refractivity contribution in [3.8, 4) is 0 Å². The molecule has 3 atom stereocenters. The monoisotopic (exact) mass is 321 g/mol. The number of rotatable bonds is 1. The minimum atomic E-state index is -0.536. The van der Waals surface area contributed by atoms with Gasteiger partial charge in [-0.3, -0.25) is 9.59 Å². The first-order chi connectivity index (χ1) is 9.99. The summed E-state index contributed by atoms with van der Waals surface area (Å²) in [6, 6.07) is 4.82. The molecule has 1 aromatic rings. The number of carbonyl (C=O) groups excluding carboxylic acids is 2. The van der Waals surface area contributed by atoms with Gasteiger partial charge in [0.25, 0.3) is 0 Å². The van der Waals surface area contributed by atoms with E-state index in [0.29, 0.717) is 28.1 Å². The molecule has 0 aromatic heterocycles. The van der Waals surface area contributed by atoms with Crippen molar-refractivity contribution >= 4 is 40.7 Å². The lowest BCUT2D eigenvalue weighted by Crippen LogP contribution is -2.38. The van der Waals surface area contributed by atoms with E-state index in [2.05, 4.69) is 12.2 Å². The molecule has 4 rings (SSSR count). The molecule has 2 amide bonds. The van der Waals surface area contributed by atoms with Crippen LogP contribution in [0.2, 0.25) is 10.0 Å². The van der Waals surface area contributed by atoms with Gasteiger partial charge in [0.1, 0.15) is 0 Å². The molecule has 3 unspecified atom stereocenters. The van der Waals surface area contributed by atoms with Crippen LogP contribution in [0.15, 0.2) is 30.4 Å². The first kappa shape index (κ1) is 13.4. The number of amides is 2. The maximum atomic E-state index is 12.9. The number of anilines is 1. The zero-order chi connectivity index (χ0) is 14.8. The smallest absolute Gasteiger partial charge is 0.241 e. The maximum Gasteiger partial charge on any atom is 0.241 e. The number of nitrogens with zero attached hydrogens (tertiary/aromatic N) is 1. The van der Waals surface area contributed by atoms with Gasteiger partial charge in [-0.1, -0.05) is 35.4 Å². The number of imide groups is 1. The van der Waals surface area contributed by atoms with Gasteiger partial charge in [0.2, 0.25) is 11.8 Å². The highest BCUT2D eigenvalue weighted by Crippen LogP contribution is 2.58. The minimum Gasteiger partial charge on any atom is -0.274 e. The predicted molar refractivity (Wildman–Crippen MR) is 81.4 cm³/mol. The third-order valence-electron chi connectivity index (χ3n) is 4.96. The quantitative estimate of drug-likeness (QED) is 0.582. The molecule has 1 aromatic carbocycles. The molecule has 1 heterocycles. The second kappa shape index (κ2) is 4.34. The zero-order valence-electron chi connectivity index (χ0n) is 11.2. The Kier molecular flexibility index (Phi) is 2.76. The highest BCUT2D eigenvalue weighted by Gasteiger charge is 2.60. The standard InChI is InChI=1S/C16H13Cl2NO2/c17-11-4-12(18)6-13(5-11)19-14(20)8-16(15(19)21)7-9-1-2-10(16)3-9/h1-2,4-6,9-10H,3,7-8H2. The van der Waals surface area contributed by atoms with Gasteiger partial charge in [0, 0.05) is 16.5 Å². The summed E-state index contributed by atoms with van der Waals surface area (Å²) in [4.78, 5) is 26.6. The number of halogens is 2. The molecule has 3 nitrogen and oxygen atoms in total. The second-order valence-electron chi connectivity index (χ2n) is 6.19. The molecule has 1 saturated heterocycles. The minimum absolute atomic E-state index is 0.0947. The molecule has 108 valence electrons. The first-order valence-corrected chi connectivity index (χ1v) is 7.77. The van der Waals surface area contributed by atoms with Crippen LogP contribution >= 0.6 is 23.2 Å². The number of hydrogen-bond acceptors (Lipinski definition) is 2. The van der Waals surface area contributed by atoms with Gasteiger partial charge in [-0.25, -0.2) is 4.90 Å². The van der Waals surface area contributed by atoms with E-state index in [-0.39, 0.29) is 17.7 Å². The third-order valence-corrected chi connectivity index (χ3v) is 5.40. The van der Waals surface area contributed by atoms with Gasteiger partial charge >= 0.3 is 0 Å². The average molecular weight is 322 g/mol. The van der Waals surface area contributed by atoms with Gasteiger partial charge in [0.05, 0.1) is 11.1 Å². The number of fused-ring (bicyclic) bond motifs is 3. The molecule has 21 heavy (non-hydrogen) atoms. The Morgan fingerprint density at radius 1 is 1.10 bits per heavy atom. The van der Waals surface area contributed by atoms with Crippen LogP contribution in [-0.2, 0) is 9.59 Å². The molecule has 2 bridgehead atoms. The van der Waals surface area contributed by atoms with E-state index >= 15 is 0 Å². The van der Waals surface area contributed by atoms with Crippen LogP contribution in [0.1, 0.15) is 19.3 Å². The molecule has 1 spiro atoms. The molecule has 2 fully saturated rings. The van der Waals surface area contributed by atoms with Crippen LogP contribution < -0.4 is 4.90 Å². The summed E-state index contributed by atoms with van der Waals surface area (Å²) in [7, 11) is 0. The largest absolute Gasteiger partial charge is 0.274 e. The van der Waals surface area contributed by atoms with Gasteiger partial charge in [-0.15, -0.1) is 0 Å². The van der Waals surface area contributed by atoms with E-state index in [1.165, 1.54) is 4.90 Å². The average Bonchev–Trinajstić information content (AvgIpc) is 3.03. The van der Waals surface area contributed by atoms with Crippen LogP contribution in [0, 0.1) is 17.3 Å². The van der Waals surface area contributed by atoms with Crippen molar-refractivity contribution in [1.29, 1.82) is 0 Å². The summed E-state index contributed by atoms with van der Waals surface area (Å²) >= 11 is 12.0. The lowest BCUT2D eigenvalue weighted by molar-refractivity contribution is -0.126.